The molecule has 0 spiro atoms. The molecule has 1 unspecified atom stereocenters. The Morgan fingerprint density at radius 1 is 1.02 bits per heavy atom. The summed E-state index contributed by atoms with van der Waals surface area (Å²) in [5.74, 6) is -0.133. The lowest BCUT2D eigenvalue weighted by molar-refractivity contribution is -0.140. The molecule has 0 saturated carbocycles. The minimum absolute atomic E-state index is 0.0285. The van der Waals surface area contributed by atoms with Gasteiger partial charge in [-0.3, -0.25) is 29.5 Å². The zero-order valence-corrected chi connectivity index (χ0v) is 26.2. The van der Waals surface area contributed by atoms with Gasteiger partial charge in [-0.25, -0.2) is 4.99 Å². The molecule has 1 aromatic carbocycles. The number of carbonyl (C=O) groups is 4. The van der Waals surface area contributed by atoms with E-state index >= 15 is 0 Å². The molecule has 45 heavy (non-hydrogen) atoms. The van der Waals surface area contributed by atoms with Crippen LogP contribution in [0.4, 0.5) is 5.69 Å². The molecule has 12 heteroatoms. The van der Waals surface area contributed by atoms with Gasteiger partial charge in [0.25, 0.3) is 11.8 Å². The largest absolute Gasteiger partial charge is 0.461 e. The fourth-order valence-electron chi connectivity index (χ4n) is 5.74. The van der Waals surface area contributed by atoms with Gasteiger partial charge in [0.1, 0.15) is 23.1 Å². The van der Waals surface area contributed by atoms with E-state index in [1.54, 1.807) is 21.9 Å². The van der Waals surface area contributed by atoms with Crippen molar-refractivity contribution in [2.24, 2.45) is 4.99 Å². The van der Waals surface area contributed by atoms with Crippen LogP contribution in [0, 0.1) is 6.92 Å². The summed E-state index contributed by atoms with van der Waals surface area (Å²) in [5.41, 5.74) is 1.84. The second-order valence-corrected chi connectivity index (χ2v) is 11.4. The van der Waals surface area contributed by atoms with Crippen LogP contribution in [0.1, 0.15) is 72.6 Å². The van der Waals surface area contributed by atoms with Crippen molar-refractivity contribution in [2.75, 3.05) is 44.6 Å². The molecule has 238 valence electrons. The SMILES string of the molecule is CCN(CC)C(=O)c1ccc(C(=O)NC(=NC2CCCCN(CC(=O)N3CCCC3)C2=O)Nc2ccc3oc(C)cc3c2)cn1. The van der Waals surface area contributed by atoms with Crippen LogP contribution < -0.4 is 10.6 Å². The average molecular weight is 616 g/mol. The van der Waals surface area contributed by atoms with Crippen LogP contribution in [0.2, 0.25) is 0 Å². The van der Waals surface area contributed by atoms with Gasteiger partial charge < -0.3 is 24.4 Å². The van der Waals surface area contributed by atoms with Crippen molar-refractivity contribution in [2.45, 2.75) is 58.9 Å². The number of rotatable bonds is 8. The van der Waals surface area contributed by atoms with E-state index in [4.69, 9.17) is 9.41 Å². The van der Waals surface area contributed by atoms with Gasteiger partial charge >= 0.3 is 0 Å². The van der Waals surface area contributed by atoms with Crippen molar-refractivity contribution >= 4 is 46.2 Å². The third-order valence-corrected chi connectivity index (χ3v) is 8.25. The normalized spacial score (nSPS) is 17.4. The second kappa shape index (κ2) is 14.4. The van der Waals surface area contributed by atoms with Crippen LogP contribution in [0.25, 0.3) is 11.0 Å². The summed E-state index contributed by atoms with van der Waals surface area (Å²) in [6.07, 6.45) is 5.32. The van der Waals surface area contributed by atoms with Gasteiger partial charge in [0, 0.05) is 50.0 Å². The number of nitrogens with one attached hydrogen (secondary N) is 2. The molecule has 2 saturated heterocycles. The van der Waals surface area contributed by atoms with Crippen molar-refractivity contribution in [3.05, 3.63) is 59.6 Å². The molecule has 2 fully saturated rings. The van der Waals surface area contributed by atoms with Crippen LogP contribution in [-0.2, 0) is 9.59 Å². The molecule has 3 aromatic rings. The number of fused-ring (bicyclic) bond motifs is 1. The van der Waals surface area contributed by atoms with Gasteiger partial charge in [0.2, 0.25) is 17.8 Å². The minimum atomic E-state index is -0.784. The van der Waals surface area contributed by atoms with Crippen molar-refractivity contribution in [1.82, 2.24) is 25.0 Å². The van der Waals surface area contributed by atoms with Crippen LogP contribution in [0.3, 0.4) is 0 Å². The maximum Gasteiger partial charge on any atom is 0.272 e. The maximum absolute atomic E-state index is 13.7. The molecule has 0 aliphatic carbocycles. The number of aliphatic imine (C=N–C) groups is 1. The maximum atomic E-state index is 13.7. The smallest absolute Gasteiger partial charge is 0.272 e. The summed E-state index contributed by atoms with van der Waals surface area (Å²) in [5, 5.41) is 6.86. The Morgan fingerprint density at radius 2 is 1.78 bits per heavy atom. The topological polar surface area (TPSA) is 140 Å². The molecule has 1 atom stereocenters. The Bertz CT molecular complexity index is 1570. The number of anilines is 1. The first kappa shape index (κ1) is 31.7. The Labute approximate surface area is 262 Å². The van der Waals surface area contributed by atoms with Crippen molar-refractivity contribution in [3.63, 3.8) is 0 Å². The summed E-state index contributed by atoms with van der Waals surface area (Å²) in [7, 11) is 0. The molecule has 2 aliphatic heterocycles. The van der Waals surface area contributed by atoms with E-state index in [0.29, 0.717) is 31.7 Å². The second-order valence-electron chi connectivity index (χ2n) is 11.4. The number of furan rings is 1. The molecule has 2 N–H and O–H groups in total. The summed E-state index contributed by atoms with van der Waals surface area (Å²) in [4.78, 5) is 66.7. The molecule has 12 nitrogen and oxygen atoms in total. The third-order valence-electron chi connectivity index (χ3n) is 8.25. The standard InChI is InChI=1S/C33H41N7O5/c1-4-38(5-2)31(43)26-13-11-23(20-34-26)30(42)37-33(35-25-12-14-28-24(19-25)18-22(3)45-28)36-27-10-6-7-17-40(32(27)44)21-29(41)39-15-8-9-16-39/h11-14,18-20,27H,4-10,15-17,21H2,1-3H3,(H2,35,36,37,42). The zero-order chi connectivity index (χ0) is 31.9. The number of guanidine groups is 1. The van der Waals surface area contributed by atoms with Gasteiger partial charge in [0.15, 0.2) is 0 Å². The van der Waals surface area contributed by atoms with Gasteiger partial charge in [0.05, 0.1) is 12.1 Å². The third kappa shape index (κ3) is 7.68. The van der Waals surface area contributed by atoms with E-state index in [1.165, 1.54) is 12.3 Å². The molecule has 0 bridgehead atoms. The van der Waals surface area contributed by atoms with Crippen molar-refractivity contribution < 1.29 is 23.6 Å². The molecular weight excluding hydrogens is 574 g/mol. The highest BCUT2D eigenvalue weighted by Crippen LogP contribution is 2.23. The number of pyridine rings is 1. The number of benzene rings is 1. The number of hydrogen-bond acceptors (Lipinski definition) is 7. The lowest BCUT2D eigenvalue weighted by atomic mass is 10.1. The van der Waals surface area contributed by atoms with Crippen LogP contribution >= 0.6 is 0 Å². The van der Waals surface area contributed by atoms with Crippen molar-refractivity contribution in [3.8, 4) is 0 Å². The quantitative estimate of drug-likeness (QED) is 0.290. The van der Waals surface area contributed by atoms with Gasteiger partial charge in [-0.05, 0) is 89.3 Å². The van der Waals surface area contributed by atoms with Crippen LogP contribution in [-0.4, -0.2) is 94.6 Å². The number of nitrogens with zero attached hydrogens (tertiary/aromatic N) is 5. The molecular formula is C33H41N7O5. The van der Waals surface area contributed by atoms with E-state index in [2.05, 4.69) is 15.6 Å². The van der Waals surface area contributed by atoms with Gasteiger partial charge in [-0.15, -0.1) is 0 Å². The number of carbonyl (C=O) groups excluding carboxylic acids is 4. The molecule has 2 aliphatic rings. The number of aryl methyl sites for hydroxylation is 1. The molecule has 5 rings (SSSR count). The van der Waals surface area contributed by atoms with E-state index in [-0.39, 0.29) is 41.5 Å². The van der Waals surface area contributed by atoms with E-state index in [9.17, 15) is 19.2 Å². The van der Waals surface area contributed by atoms with E-state index in [1.807, 2.05) is 43.9 Å². The Kier molecular flexibility index (Phi) is 10.1. The number of aromatic nitrogens is 1. The van der Waals surface area contributed by atoms with E-state index in [0.717, 1.165) is 55.5 Å². The van der Waals surface area contributed by atoms with E-state index < -0.39 is 11.9 Å². The molecule has 4 heterocycles. The average Bonchev–Trinajstić information content (AvgIpc) is 3.68. The van der Waals surface area contributed by atoms with Gasteiger partial charge in [-0.2, -0.15) is 0 Å². The molecule has 4 amide bonds. The highest BCUT2D eigenvalue weighted by atomic mass is 16.3. The monoisotopic (exact) mass is 615 g/mol. The van der Waals surface area contributed by atoms with Crippen LogP contribution in [0.5, 0.6) is 0 Å². The fraction of sp³-hybridized carbons (Fsp3) is 0.455. The molecule has 0 radical (unpaired) electrons. The molecule has 2 aromatic heterocycles. The Balaban J connectivity index is 1.38. The Hall–Kier alpha value is -4.74. The predicted octanol–water partition coefficient (Wildman–Crippen LogP) is 3.82. The Morgan fingerprint density at radius 3 is 2.49 bits per heavy atom. The van der Waals surface area contributed by atoms with Crippen molar-refractivity contribution in [1.29, 1.82) is 0 Å². The zero-order valence-electron chi connectivity index (χ0n) is 26.2. The summed E-state index contributed by atoms with van der Waals surface area (Å²) in [6, 6.07) is 9.69. The first-order chi connectivity index (χ1) is 21.7. The first-order valence-electron chi connectivity index (χ1n) is 15.7. The number of amides is 4. The van der Waals surface area contributed by atoms with Crippen LogP contribution in [0.15, 0.2) is 52.0 Å². The summed E-state index contributed by atoms with van der Waals surface area (Å²) < 4.78 is 5.69. The highest BCUT2D eigenvalue weighted by molar-refractivity contribution is 6.11. The lowest BCUT2D eigenvalue weighted by Crippen LogP contribution is -2.45. The highest BCUT2D eigenvalue weighted by Gasteiger charge is 2.30. The fourth-order valence-corrected chi connectivity index (χ4v) is 5.74. The minimum Gasteiger partial charge on any atom is -0.461 e. The lowest BCUT2D eigenvalue weighted by Gasteiger charge is -2.25. The first-order valence-corrected chi connectivity index (χ1v) is 15.7. The van der Waals surface area contributed by atoms with Gasteiger partial charge in [-0.1, -0.05) is 0 Å². The number of likely N-dealkylation sites (tertiary alicyclic amines) is 2. The number of hydrogen-bond donors (Lipinski definition) is 2. The predicted molar refractivity (Wildman–Crippen MR) is 171 cm³/mol. The summed E-state index contributed by atoms with van der Waals surface area (Å²) in [6.45, 7) is 8.73. The summed E-state index contributed by atoms with van der Waals surface area (Å²) >= 11 is 0.